The van der Waals surface area contributed by atoms with Gasteiger partial charge in [-0.25, -0.2) is 9.59 Å². The zero-order chi connectivity index (χ0) is 23.3. The standard InChI is InChI=1S/C25H24N2O5/c1-16-12-17(2)14-19(13-16)26-23(28)18-8-7-9-20(15-18)27-11-6-5-10-21(24(29)31-3)22(27)25(30)32-4/h5-15H,1-4H3,(H,26,28). The molecule has 3 rings (SSSR count). The molecule has 7 heteroatoms. The van der Waals surface area contributed by atoms with Gasteiger partial charge in [0, 0.05) is 23.1 Å². The predicted molar refractivity (Wildman–Crippen MR) is 122 cm³/mol. The van der Waals surface area contributed by atoms with Crippen LogP contribution < -0.4 is 10.2 Å². The molecule has 1 aliphatic heterocycles. The van der Waals surface area contributed by atoms with Crippen molar-refractivity contribution in [2.75, 3.05) is 24.4 Å². The van der Waals surface area contributed by atoms with Crippen molar-refractivity contribution in [3.8, 4) is 0 Å². The van der Waals surface area contributed by atoms with Crippen molar-refractivity contribution in [1.82, 2.24) is 0 Å². The molecular weight excluding hydrogens is 408 g/mol. The third-order valence-electron chi connectivity index (χ3n) is 4.76. The van der Waals surface area contributed by atoms with Crippen LogP contribution in [0.15, 0.2) is 78.2 Å². The molecule has 0 fully saturated rings. The number of hydrogen-bond donors (Lipinski definition) is 1. The average Bonchev–Trinajstić information content (AvgIpc) is 3.00. The summed E-state index contributed by atoms with van der Waals surface area (Å²) >= 11 is 0. The smallest absolute Gasteiger partial charge is 0.355 e. The van der Waals surface area contributed by atoms with Crippen molar-refractivity contribution in [3.63, 3.8) is 0 Å². The van der Waals surface area contributed by atoms with Crippen LogP contribution in [0.4, 0.5) is 11.4 Å². The molecule has 0 aliphatic carbocycles. The zero-order valence-electron chi connectivity index (χ0n) is 18.3. The van der Waals surface area contributed by atoms with E-state index in [4.69, 9.17) is 9.47 Å². The van der Waals surface area contributed by atoms with Gasteiger partial charge in [0.15, 0.2) is 0 Å². The van der Waals surface area contributed by atoms with E-state index < -0.39 is 11.9 Å². The lowest BCUT2D eigenvalue weighted by molar-refractivity contribution is -0.139. The van der Waals surface area contributed by atoms with Gasteiger partial charge in [0.1, 0.15) is 5.70 Å². The van der Waals surface area contributed by atoms with Crippen LogP contribution in [0.25, 0.3) is 0 Å². The fourth-order valence-electron chi connectivity index (χ4n) is 3.41. The molecule has 0 bridgehead atoms. The van der Waals surface area contributed by atoms with E-state index in [0.717, 1.165) is 11.1 Å². The molecule has 1 aliphatic rings. The second-order valence-corrected chi connectivity index (χ2v) is 7.20. The average molecular weight is 432 g/mol. The summed E-state index contributed by atoms with van der Waals surface area (Å²) in [6.07, 6.45) is 6.37. The normalized spacial score (nSPS) is 12.9. The number of carbonyl (C=O) groups is 3. The monoisotopic (exact) mass is 432 g/mol. The minimum absolute atomic E-state index is 0.0174. The third-order valence-corrected chi connectivity index (χ3v) is 4.76. The molecule has 32 heavy (non-hydrogen) atoms. The van der Waals surface area contributed by atoms with Crippen molar-refractivity contribution >= 4 is 29.2 Å². The van der Waals surface area contributed by atoms with Gasteiger partial charge in [0.2, 0.25) is 0 Å². The number of esters is 2. The molecule has 1 N–H and O–H groups in total. The van der Waals surface area contributed by atoms with Crippen molar-refractivity contribution in [1.29, 1.82) is 0 Å². The maximum atomic E-state index is 12.9. The van der Waals surface area contributed by atoms with Crippen LogP contribution in [-0.4, -0.2) is 32.1 Å². The topological polar surface area (TPSA) is 84.9 Å². The number of allylic oxidation sites excluding steroid dienone is 2. The number of carbonyl (C=O) groups excluding carboxylic acids is 3. The summed E-state index contributed by atoms with van der Waals surface area (Å²) in [6.45, 7) is 3.92. The highest BCUT2D eigenvalue weighted by atomic mass is 16.5. The van der Waals surface area contributed by atoms with Crippen LogP contribution in [0.3, 0.4) is 0 Å². The second-order valence-electron chi connectivity index (χ2n) is 7.20. The van der Waals surface area contributed by atoms with E-state index in [1.165, 1.54) is 25.2 Å². The van der Waals surface area contributed by atoms with Gasteiger partial charge in [-0.05, 0) is 67.5 Å². The summed E-state index contributed by atoms with van der Waals surface area (Å²) in [5.74, 6) is -1.70. The molecule has 0 atom stereocenters. The predicted octanol–water partition coefficient (Wildman–Crippen LogP) is 4.05. The van der Waals surface area contributed by atoms with E-state index >= 15 is 0 Å². The van der Waals surface area contributed by atoms with Crippen LogP contribution in [0, 0.1) is 13.8 Å². The molecule has 0 saturated carbocycles. The Morgan fingerprint density at radius 3 is 2.22 bits per heavy atom. The summed E-state index contributed by atoms with van der Waals surface area (Å²) < 4.78 is 9.74. The highest BCUT2D eigenvalue weighted by molar-refractivity contribution is 6.07. The Bertz CT molecular complexity index is 1140. The number of methoxy groups -OCH3 is 2. The number of hydrogen-bond acceptors (Lipinski definition) is 6. The number of nitrogens with one attached hydrogen (secondary N) is 1. The number of amides is 1. The summed E-state index contributed by atoms with van der Waals surface area (Å²) in [5.41, 5.74) is 3.68. The zero-order valence-corrected chi connectivity index (χ0v) is 18.3. The first kappa shape index (κ1) is 22.6. The SMILES string of the molecule is COC(=O)C1=C(C(=O)OC)N(c2cccc(C(=O)Nc3cc(C)cc(C)c3)c2)C=CC=C1. The molecule has 164 valence electrons. The first-order chi connectivity index (χ1) is 15.3. The van der Waals surface area contributed by atoms with E-state index in [9.17, 15) is 14.4 Å². The fraction of sp³-hybridized carbons (Fsp3) is 0.160. The summed E-state index contributed by atoms with van der Waals surface area (Å²) in [4.78, 5) is 39.3. The molecule has 1 amide bonds. The molecule has 0 saturated heterocycles. The third kappa shape index (κ3) is 4.95. The first-order valence-electron chi connectivity index (χ1n) is 9.88. The van der Waals surface area contributed by atoms with Crippen molar-refractivity contribution in [2.24, 2.45) is 0 Å². The largest absolute Gasteiger partial charge is 0.465 e. The highest BCUT2D eigenvalue weighted by Gasteiger charge is 2.27. The number of anilines is 2. The van der Waals surface area contributed by atoms with Crippen LogP contribution in [-0.2, 0) is 19.1 Å². The Morgan fingerprint density at radius 1 is 0.875 bits per heavy atom. The number of rotatable bonds is 5. The van der Waals surface area contributed by atoms with Gasteiger partial charge in [-0.3, -0.25) is 4.79 Å². The van der Waals surface area contributed by atoms with E-state index in [1.807, 2.05) is 32.0 Å². The molecule has 1 heterocycles. The first-order valence-corrected chi connectivity index (χ1v) is 9.88. The maximum absolute atomic E-state index is 12.9. The van der Waals surface area contributed by atoms with Gasteiger partial charge in [0.05, 0.1) is 19.8 Å². The number of ether oxygens (including phenoxy) is 2. The van der Waals surface area contributed by atoms with Gasteiger partial charge in [-0.15, -0.1) is 0 Å². The van der Waals surface area contributed by atoms with Crippen molar-refractivity contribution in [3.05, 3.63) is 94.9 Å². The van der Waals surface area contributed by atoms with Gasteiger partial charge in [-0.2, -0.15) is 0 Å². The second kappa shape index (κ2) is 9.78. The molecule has 0 spiro atoms. The van der Waals surface area contributed by atoms with Gasteiger partial charge in [-0.1, -0.05) is 18.2 Å². The van der Waals surface area contributed by atoms with Crippen molar-refractivity contribution in [2.45, 2.75) is 13.8 Å². The van der Waals surface area contributed by atoms with Crippen LogP contribution in [0.5, 0.6) is 0 Å². The summed E-state index contributed by atoms with van der Waals surface area (Å²) in [5, 5.41) is 2.90. The fourth-order valence-corrected chi connectivity index (χ4v) is 3.41. The van der Waals surface area contributed by atoms with E-state index in [0.29, 0.717) is 16.9 Å². The maximum Gasteiger partial charge on any atom is 0.355 e. The molecular formula is C25H24N2O5. The Balaban J connectivity index is 2.00. The van der Waals surface area contributed by atoms with Crippen LogP contribution in [0.1, 0.15) is 21.5 Å². The minimum Gasteiger partial charge on any atom is -0.465 e. The number of aryl methyl sites for hydroxylation is 2. The van der Waals surface area contributed by atoms with Gasteiger partial charge < -0.3 is 19.7 Å². The van der Waals surface area contributed by atoms with Crippen LogP contribution >= 0.6 is 0 Å². The quantitative estimate of drug-likeness (QED) is 0.718. The van der Waals surface area contributed by atoms with Crippen molar-refractivity contribution < 1.29 is 23.9 Å². The molecule has 0 aromatic heterocycles. The lowest BCUT2D eigenvalue weighted by atomic mass is 10.1. The van der Waals surface area contributed by atoms with E-state index in [1.54, 1.807) is 42.6 Å². The van der Waals surface area contributed by atoms with Gasteiger partial charge >= 0.3 is 11.9 Å². The van der Waals surface area contributed by atoms with Gasteiger partial charge in [0.25, 0.3) is 5.91 Å². The lowest BCUT2D eigenvalue weighted by Crippen LogP contribution is -2.27. The Hall–Kier alpha value is -4.13. The molecule has 2 aromatic rings. The molecule has 0 unspecified atom stereocenters. The Labute approximate surface area is 186 Å². The van der Waals surface area contributed by atoms with E-state index in [2.05, 4.69) is 5.32 Å². The highest BCUT2D eigenvalue weighted by Crippen LogP contribution is 2.27. The molecule has 0 radical (unpaired) electrons. The Morgan fingerprint density at radius 2 is 1.56 bits per heavy atom. The van der Waals surface area contributed by atoms with E-state index in [-0.39, 0.29) is 17.2 Å². The summed E-state index contributed by atoms with van der Waals surface area (Å²) in [7, 11) is 2.47. The lowest BCUT2D eigenvalue weighted by Gasteiger charge is -2.23. The summed E-state index contributed by atoms with van der Waals surface area (Å²) in [6, 6.07) is 12.5. The molecule has 2 aromatic carbocycles. The number of benzene rings is 2. The Kier molecular flexibility index (Phi) is 6.90. The van der Waals surface area contributed by atoms with Crippen LogP contribution in [0.2, 0.25) is 0 Å². The number of nitrogens with zero attached hydrogens (tertiary/aromatic N) is 1. The molecule has 7 nitrogen and oxygen atoms in total. The minimum atomic E-state index is -0.716.